The number of aliphatic hydroxyl groups is 1. The maximum Gasteiger partial charge on any atom is 0.0965 e. The highest BCUT2D eigenvalue weighted by Gasteiger charge is 2.16. The molecule has 2 rings (SSSR count). The molecule has 2 aromatic rings. The number of aromatic nitrogens is 2. The van der Waals surface area contributed by atoms with E-state index < -0.39 is 6.10 Å². The minimum absolute atomic E-state index is 0.460. The summed E-state index contributed by atoms with van der Waals surface area (Å²) in [7, 11) is 0. The van der Waals surface area contributed by atoms with E-state index in [0.717, 1.165) is 17.0 Å². The van der Waals surface area contributed by atoms with Crippen LogP contribution < -0.4 is 0 Å². The Kier molecular flexibility index (Phi) is 3.45. The first-order valence-corrected chi connectivity index (χ1v) is 6.48. The third-order valence-electron chi connectivity index (χ3n) is 2.20. The molecule has 0 fully saturated rings. The van der Waals surface area contributed by atoms with Crippen molar-refractivity contribution in [3.63, 3.8) is 0 Å². The van der Waals surface area contributed by atoms with E-state index in [1.54, 1.807) is 11.3 Å². The average Bonchev–Trinajstić information content (AvgIpc) is 2.86. The molecule has 0 saturated carbocycles. The molecular formula is C10H12N2OS2. The summed E-state index contributed by atoms with van der Waals surface area (Å²) in [5, 5.41) is 16.0. The van der Waals surface area contributed by atoms with Crippen molar-refractivity contribution >= 4 is 22.9 Å². The number of thiophene rings is 1. The van der Waals surface area contributed by atoms with Gasteiger partial charge in [-0.1, -0.05) is 17.5 Å². The van der Waals surface area contributed by atoms with Crippen LogP contribution in [-0.4, -0.2) is 14.7 Å². The molecule has 0 saturated heterocycles. The Morgan fingerprint density at radius 1 is 1.53 bits per heavy atom. The van der Waals surface area contributed by atoms with Gasteiger partial charge in [0.1, 0.15) is 0 Å². The molecule has 0 amide bonds. The van der Waals surface area contributed by atoms with Gasteiger partial charge in [-0.3, -0.25) is 0 Å². The lowest BCUT2D eigenvalue weighted by Crippen LogP contribution is -2.01. The van der Waals surface area contributed by atoms with Crippen LogP contribution in [0.15, 0.2) is 17.5 Å². The maximum atomic E-state index is 10.0. The fourth-order valence-corrected chi connectivity index (χ4v) is 2.89. The monoisotopic (exact) mass is 240 g/mol. The highest BCUT2D eigenvalue weighted by molar-refractivity contribution is 7.10. The molecule has 15 heavy (non-hydrogen) atoms. The molecule has 0 aliphatic heterocycles. The van der Waals surface area contributed by atoms with E-state index in [9.17, 15) is 5.11 Å². The standard InChI is InChI=1S/C10H12N2OS2/c1-2-8-10(15-12-11-8)9(13)6-7-4-3-5-14-7/h3-5,9,13H,2,6H2,1H3. The van der Waals surface area contributed by atoms with Crippen molar-refractivity contribution in [2.75, 3.05) is 0 Å². The van der Waals surface area contributed by atoms with Crippen molar-refractivity contribution in [3.8, 4) is 0 Å². The van der Waals surface area contributed by atoms with Crippen LogP contribution in [0.4, 0.5) is 0 Å². The summed E-state index contributed by atoms with van der Waals surface area (Å²) < 4.78 is 3.88. The normalized spacial score (nSPS) is 12.9. The van der Waals surface area contributed by atoms with Crippen LogP contribution in [0.2, 0.25) is 0 Å². The van der Waals surface area contributed by atoms with Gasteiger partial charge in [-0.05, 0) is 29.4 Å². The van der Waals surface area contributed by atoms with Crippen LogP contribution in [0.5, 0.6) is 0 Å². The molecule has 1 N–H and O–H groups in total. The lowest BCUT2D eigenvalue weighted by molar-refractivity contribution is 0.182. The van der Waals surface area contributed by atoms with Gasteiger partial charge >= 0.3 is 0 Å². The Balaban J connectivity index is 2.11. The molecule has 5 heteroatoms. The molecular weight excluding hydrogens is 228 g/mol. The smallest absolute Gasteiger partial charge is 0.0965 e. The third kappa shape index (κ3) is 2.42. The minimum atomic E-state index is -0.460. The molecule has 0 aliphatic rings. The summed E-state index contributed by atoms with van der Waals surface area (Å²) >= 11 is 2.96. The minimum Gasteiger partial charge on any atom is -0.387 e. The highest BCUT2D eigenvalue weighted by Crippen LogP contribution is 2.25. The van der Waals surface area contributed by atoms with Crippen molar-refractivity contribution in [1.82, 2.24) is 9.59 Å². The summed E-state index contributed by atoms with van der Waals surface area (Å²) in [4.78, 5) is 2.10. The van der Waals surface area contributed by atoms with E-state index in [1.165, 1.54) is 16.4 Å². The molecule has 0 spiro atoms. The number of aliphatic hydroxyl groups excluding tert-OH is 1. The van der Waals surface area contributed by atoms with Crippen molar-refractivity contribution in [2.24, 2.45) is 0 Å². The van der Waals surface area contributed by atoms with E-state index in [1.807, 2.05) is 24.4 Å². The van der Waals surface area contributed by atoms with Gasteiger partial charge in [-0.2, -0.15) is 0 Å². The Morgan fingerprint density at radius 3 is 3.07 bits per heavy atom. The summed E-state index contributed by atoms with van der Waals surface area (Å²) in [6.45, 7) is 2.03. The molecule has 0 aromatic carbocycles. The third-order valence-corrected chi connectivity index (χ3v) is 3.96. The van der Waals surface area contributed by atoms with Gasteiger partial charge in [-0.25, -0.2) is 0 Å². The van der Waals surface area contributed by atoms with Crippen molar-refractivity contribution < 1.29 is 5.11 Å². The molecule has 80 valence electrons. The quantitative estimate of drug-likeness (QED) is 0.892. The zero-order chi connectivity index (χ0) is 10.7. The lowest BCUT2D eigenvalue weighted by Gasteiger charge is -2.07. The van der Waals surface area contributed by atoms with Gasteiger partial charge in [0.2, 0.25) is 0 Å². The molecule has 1 unspecified atom stereocenters. The Morgan fingerprint density at radius 2 is 2.40 bits per heavy atom. The predicted molar refractivity (Wildman–Crippen MR) is 62.3 cm³/mol. The largest absolute Gasteiger partial charge is 0.387 e. The fourth-order valence-electron chi connectivity index (χ4n) is 1.43. The number of hydrogen-bond acceptors (Lipinski definition) is 5. The summed E-state index contributed by atoms with van der Waals surface area (Å²) in [6.07, 6.45) is 1.03. The van der Waals surface area contributed by atoms with Crippen LogP contribution in [0.25, 0.3) is 0 Å². The van der Waals surface area contributed by atoms with Crippen molar-refractivity contribution in [3.05, 3.63) is 33.0 Å². The molecule has 2 heterocycles. The van der Waals surface area contributed by atoms with Crippen LogP contribution >= 0.6 is 22.9 Å². The second kappa shape index (κ2) is 4.83. The number of hydrogen-bond donors (Lipinski definition) is 1. The number of nitrogens with zero attached hydrogens (tertiary/aromatic N) is 2. The Bertz CT molecular complexity index is 411. The summed E-state index contributed by atoms with van der Waals surface area (Å²) in [5.74, 6) is 0. The maximum absolute atomic E-state index is 10.0. The van der Waals surface area contributed by atoms with Crippen LogP contribution in [0.1, 0.15) is 28.5 Å². The zero-order valence-electron chi connectivity index (χ0n) is 8.38. The van der Waals surface area contributed by atoms with E-state index in [-0.39, 0.29) is 0 Å². The second-order valence-electron chi connectivity index (χ2n) is 3.24. The molecule has 0 aliphatic carbocycles. The average molecular weight is 240 g/mol. The van der Waals surface area contributed by atoms with E-state index in [0.29, 0.717) is 6.42 Å². The van der Waals surface area contributed by atoms with Crippen molar-refractivity contribution in [2.45, 2.75) is 25.9 Å². The SMILES string of the molecule is CCc1nnsc1C(O)Cc1cccs1. The topological polar surface area (TPSA) is 46.0 Å². The molecule has 1 atom stereocenters. The summed E-state index contributed by atoms with van der Waals surface area (Å²) in [5.41, 5.74) is 0.920. The lowest BCUT2D eigenvalue weighted by atomic mass is 10.1. The predicted octanol–water partition coefficient (Wildman–Crippen LogP) is 2.44. The molecule has 0 bridgehead atoms. The number of aryl methyl sites for hydroxylation is 1. The Labute approximate surface area is 96.6 Å². The molecule has 0 radical (unpaired) electrons. The van der Waals surface area contributed by atoms with Crippen LogP contribution in [-0.2, 0) is 12.8 Å². The first-order valence-electron chi connectivity index (χ1n) is 4.82. The second-order valence-corrected chi connectivity index (χ2v) is 5.05. The Hall–Kier alpha value is -0.780. The molecule has 3 nitrogen and oxygen atoms in total. The summed E-state index contributed by atoms with van der Waals surface area (Å²) in [6, 6.07) is 4.03. The van der Waals surface area contributed by atoms with Gasteiger partial charge in [0, 0.05) is 11.3 Å². The molecule has 2 aromatic heterocycles. The van der Waals surface area contributed by atoms with E-state index in [4.69, 9.17) is 0 Å². The van der Waals surface area contributed by atoms with Crippen molar-refractivity contribution in [1.29, 1.82) is 0 Å². The van der Waals surface area contributed by atoms with Gasteiger partial charge < -0.3 is 5.11 Å². The van der Waals surface area contributed by atoms with Gasteiger partial charge in [0.25, 0.3) is 0 Å². The van der Waals surface area contributed by atoms with Crippen LogP contribution in [0, 0.1) is 0 Å². The number of rotatable bonds is 4. The van der Waals surface area contributed by atoms with Crippen LogP contribution in [0.3, 0.4) is 0 Å². The fraction of sp³-hybridized carbons (Fsp3) is 0.400. The zero-order valence-corrected chi connectivity index (χ0v) is 10.0. The van der Waals surface area contributed by atoms with Gasteiger partial charge in [0.15, 0.2) is 0 Å². The van der Waals surface area contributed by atoms with Gasteiger partial charge in [0.05, 0.1) is 16.7 Å². The first kappa shape index (κ1) is 10.7. The highest BCUT2D eigenvalue weighted by atomic mass is 32.1. The van der Waals surface area contributed by atoms with E-state index in [2.05, 4.69) is 9.59 Å². The first-order chi connectivity index (χ1) is 7.31. The van der Waals surface area contributed by atoms with E-state index >= 15 is 0 Å². The van der Waals surface area contributed by atoms with Gasteiger partial charge in [-0.15, -0.1) is 16.4 Å².